The minimum absolute atomic E-state index is 0.0148. The highest BCUT2D eigenvalue weighted by atomic mass is 32.2. The van der Waals surface area contributed by atoms with Crippen LogP contribution in [0.5, 0.6) is 5.75 Å². The van der Waals surface area contributed by atoms with Gasteiger partial charge >= 0.3 is 5.97 Å². The van der Waals surface area contributed by atoms with Gasteiger partial charge in [-0.2, -0.15) is 11.8 Å². The van der Waals surface area contributed by atoms with Crippen molar-refractivity contribution in [3.63, 3.8) is 0 Å². The molecule has 1 aromatic rings. The molecule has 11 nitrogen and oxygen atoms in total. The largest absolute Gasteiger partial charge is 0.508 e. The fourth-order valence-electron chi connectivity index (χ4n) is 3.09. The molecule has 12 heteroatoms. The lowest BCUT2D eigenvalue weighted by molar-refractivity contribution is -0.142. The number of hydrogen-bond acceptors (Lipinski definition) is 8. The van der Waals surface area contributed by atoms with E-state index in [4.69, 9.17) is 5.73 Å². The highest BCUT2D eigenvalue weighted by Gasteiger charge is 2.30. The SMILES string of the molecule is CCC(C)C(N)C(=O)NC(CCSC)C(=O)NC(CO)C(=O)NC(Cc1ccc(O)cc1)C(=O)O. The smallest absolute Gasteiger partial charge is 0.326 e. The molecule has 8 N–H and O–H groups in total. The average Bonchev–Trinajstić information content (AvgIpc) is 2.84. The van der Waals surface area contributed by atoms with E-state index in [9.17, 15) is 34.5 Å². The predicted molar refractivity (Wildman–Crippen MR) is 133 cm³/mol. The first kappa shape index (κ1) is 30.2. The van der Waals surface area contributed by atoms with Crippen LogP contribution < -0.4 is 21.7 Å². The summed E-state index contributed by atoms with van der Waals surface area (Å²) < 4.78 is 0. The maximum atomic E-state index is 12.9. The normalized spacial score (nSPS) is 15.2. The lowest BCUT2D eigenvalue weighted by atomic mass is 9.99. The third-order valence-electron chi connectivity index (χ3n) is 5.61. The monoisotopic (exact) mass is 512 g/mol. The molecule has 5 atom stereocenters. The second-order valence-electron chi connectivity index (χ2n) is 8.27. The van der Waals surface area contributed by atoms with Crippen LogP contribution in [0.3, 0.4) is 0 Å². The summed E-state index contributed by atoms with van der Waals surface area (Å²) in [6.07, 6.45) is 2.71. The van der Waals surface area contributed by atoms with Crippen molar-refractivity contribution in [2.45, 2.75) is 57.3 Å². The zero-order valence-electron chi connectivity index (χ0n) is 20.2. The molecule has 0 aliphatic heterocycles. The standard InChI is InChI=1S/C23H36N4O7S/c1-4-13(2)19(24)22(32)25-16(9-10-35-3)20(30)27-18(12-28)21(31)26-17(23(33)34)11-14-5-7-15(29)8-6-14/h5-8,13,16-19,28-29H,4,9-12,24H2,1-3H3,(H,25,32)(H,26,31)(H,27,30)(H,33,34). The molecule has 196 valence electrons. The number of benzene rings is 1. The van der Waals surface area contributed by atoms with Crippen LogP contribution >= 0.6 is 11.8 Å². The number of aromatic hydroxyl groups is 1. The molecule has 3 amide bonds. The number of rotatable bonds is 15. The number of carboxylic acid groups (broad SMARTS) is 1. The number of phenolic OH excluding ortho intramolecular Hbond substituents is 1. The quantitative estimate of drug-likeness (QED) is 0.164. The number of carboxylic acids is 1. The van der Waals surface area contributed by atoms with Crippen molar-refractivity contribution in [2.24, 2.45) is 11.7 Å². The Labute approximate surface area is 209 Å². The molecule has 0 fully saturated rings. The number of carbonyl (C=O) groups is 4. The molecule has 5 unspecified atom stereocenters. The molecule has 0 saturated carbocycles. The number of nitrogens with two attached hydrogens (primary N) is 1. The minimum atomic E-state index is -1.43. The summed E-state index contributed by atoms with van der Waals surface area (Å²) in [6, 6.07) is 1.26. The van der Waals surface area contributed by atoms with E-state index in [-0.39, 0.29) is 24.5 Å². The Balaban J connectivity index is 2.87. The van der Waals surface area contributed by atoms with E-state index in [0.717, 1.165) is 0 Å². The van der Waals surface area contributed by atoms with Gasteiger partial charge in [0.15, 0.2) is 0 Å². The first-order chi connectivity index (χ1) is 16.5. The maximum Gasteiger partial charge on any atom is 0.326 e. The molecule has 0 aliphatic carbocycles. The van der Waals surface area contributed by atoms with Crippen LogP contribution in [0.4, 0.5) is 0 Å². The van der Waals surface area contributed by atoms with Gasteiger partial charge in [0.2, 0.25) is 17.7 Å². The first-order valence-corrected chi connectivity index (χ1v) is 12.7. The van der Waals surface area contributed by atoms with E-state index in [1.54, 1.807) is 0 Å². The van der Waals surface area contributed by atoms with E-state index in [2.05, 4.69) is 16.0 Å². The highest BCUT2D eigenvalue weighted by molar-refractivity contribution is 7.98. The molecule has 1 aromatic carbocycles. The molecule has 1 rings (SSSR count). The predicted octanol–water partition coefficient (Wildman–Crippen LogP) is -0.407. The van der Waals surface area contributed by atoms with Gasteiger partial charge in [0, 0.05) is 6.42 Å². The van der Waals surface area contributed by atoms with Crippen molar-refractivity contribution >= 4 is 35.5 Å². The third kappa shape index (κ3) is 10.1. The van der Waals surface area contributed by atoms with Crippen LogP contribution in [0.25, 0.3) is 0 Å². The fourth-order valence-corrected chi connectivity index (χ4v) is 3.56. The maximum absolute atomic E-state index is 12.9. The summed E-state index contributed by atoms with van der Waals surface area (Å²) in [6.45, 7) is 2.94. The molecule has 0 heterocycles. The number of carbonyl (C=O) groups excluding carboxylic acids is 3. The van der Waals surface area contributed by atoms with Crippen LogP contribution in [-0.2, 0) is 25.6 Å². The number of hydrogen-bond donors (Lipinski definition) is 7. The van der Waals surface area contributed by atoms with Crippen LogP contribution in [0.2, 0.25) is 0 Å². The Kier molecular flexibility index (Phi) is 13.1. The van der Waals surface area contributed by atoms with Crippen molar-refractivity contribution in [2.75, 3.05) is 18.6 Å². The van der Waals surface area contributed by atoms with Crippen LogP contribution in [0, 0.1) is 5.92 Å². The molecule has 35 heavy (non-hydrogen) atoms. The first-order valence-electron chi connectivity index (χ1n) is 11.3. The Hall–Kier alpha value is -2.83. The second-order valence-corrected chi connectivity index (χ2v) is 9.25. The lowest BCUT2D eigenvalue weighted by Gasteiger charge is -2.25. The summed E-state index contributed by atoms with van der Waals surface area (Å²) >= 11 is 1.47. The molecular weight excluding hydrogens is 476 g/mol. The van der Waals surface area contributed by atoms with Crippen LogP contribution in [0.15, 0.2) is 24.3 Å². The van der Waals surface area contributed by atoms with Crippen molar-refractivity contribution < 1.29 is 34.5 Å². The van der Waals surface area contributed by atoms with Gasteiger partial charge in [-0.3, -0.25) is 14.4 Å². The van der Waals surface area contributed by atoms with Crippen molar-refractivity contribution in [3.05, 3.63) is 29.8 Å². The van der Waals surface area contributed by atoms with Crippen molar-refractivity contribution in [3.8, 4) is 5.75 Å². The number of aliphatic hydroxyl groups is 1. The summed E-state index contributed by atoms with van der Waals surface area (Å²) in [4.78, 5) is 49.7. The highest BCUT2D eigenvalue weighted by Crippen LogP contribution is 2.12. The van der Waals surface area contributed by atoms with Crippen LogP contribution in [-0.4, -0.2) is 81.8 Å². The molecule has 0 bridgehead atoms. The number of thioether (sulfide) groups is 1. The number of phenols is 1. The Morgan fingerprint density at radius 2 is 1.51 bits per heavy atom. The molecule has 0 radical (unpaired) electrons. The third-order valence-corrected chi connectivity index (χ3v) is 6.25. The van der Waals surface area contributed by atoms with Gasteiger partial charge in [0.05, 0.1) is 12.6 Å². The zero-order valence-corrected chi connectivity index (χ0v) is 21.0. The summed E-state index contributed by atoms with van der Waals surface area (Å²) in [5.74, 6) is -2.93. The average molecular weight is 513 g/mol. The van der Waals surface area contributed by atoms with E-state index >= 15 is 0 Å². The minimum Gasteiger partial charge on any atom is -0.508 e. The Morgan fingerprint density at radius 3 is 2.03 bits per heavy atom. The van der Waals surface area contributed by atoms with Crippen LogP contribution in [0.1, 0.15) is 32.3 Å². The molecule has 0 aliphatic rings. The van der Waals surface area contributed by atoms with Gasteiger partial charge in [0.25, 0.3) is 0 Å². The van der Waals surface area contributed by atoms with E-state index in [1.807, 2.05) is 20.1 Å². The summed E-state index contributed by atoms with van der Waals surface area (Å²) in [7, 11) is 0. The van der Waals surface area contributed by atoms with E-state index in [1.165, 1.54) is 36.0 Å². The number of aliphatic carboxylic acids is 1. The number of aliphatic hydroxyl groups excluding tert-OH is 1. The van der Waals surface area contributed by atoms with Gasteiger partial charge in [-0.15, -0.1) is 0 Å². The Morgan fingerprint density at radius 1 is 0.971 bits per heavy atom. The van der Waals surface area contributed by atoms with Gasteiger partial charge < -0.3 is 37.0 Å². The second kappa shape index (κ2) is 15.2. The fraction of sp³-hybridized carbons (Fsp3) is 0.565. The summed E-state index contributed by atoms with van der Waals surface area (Å²) in [5.41, 5.74) is 6.51. The number of nitrogens with one attached hydrogen (secondary N) is 3. The van der Waals surface area contributed by atoms with E-state index < -0.39 is 54.5 Å². The topological polar surface area (TPSA) is 191 Å². The van der Waals surface area contributed by atoms with Crippen molar-refractivity contribution in [1.82, 2.24) is 16.0 Å². The Bertz CT molecular complexity index is 853. The van der Waals surface area contributed by atoms with Gasteiger partial charge in [-0.25, -0.2) is 4.79 Å². The number of amides is 3. The zero-order chi connectivity index (χ0) is 26.5. The molecular formula is C23H36N4O7S. The molecule has 0 spiro atoms. The van der Waals surface area contributed by atoms with Gasteiger partial charge in [0.1, 0.15) is 23.9 Å². The lowest BCUT2D eigenvalue weighted by Crippen LogP contribution is -2.58. The van der Waals surface area contributed by atoms with Gasteiger partial charge in [-0.05, 0) is 42.0 Å². The van der Waals surface area contributed by atoms with E-state index in [0.29, 0.717) is 17.7 Å². The molecule has 0 aromatic heterocycles. The van der Waals surface area contributed by atoms with Gasteiger partial charge in [-0.1, -0.05) is 32.4 Å². The molecule has 0 saturated heterocycles. The van der Waals surface area contributed by atoms with Crippen molar-refractivity contribution in [1.29, 1.82) is 0 Å². The summed E-state index contributed by atoms with van der Waals surface area (Å²) in [5, 5.41) is 35.9.